The minimum absolute atomic E-state index is 0.179. The van der Waals surface area contributed by atoms with E-state index in [1.165, 1.54) is 16.3 Å². The summed E-state index contributed by atoms with van der Waals surface area (Å²) < 4.78 is 2.19. The van der Waals surface area contributed by atoms with Gasteiger partial charge in [-0.1, -0.05) is 54.1 Å². The number of hydrogen-bond donors (Lipinski definition) is 1. The van der Waals surface area contributed by atoms with E-state index in [0.29, 0.717) is 12.2 Å². The van der Waals surface area contributed by atoms with Crippen LogP contribution in [0, 0.1) is 0 Å². The van der Waals surface area contributed by atoms with Gasteiger partial charge in [0, 0.05) is 19.5 Å². The second-order valence-corrected chi connectivity index (χ2v) is 7.35. The molecule has 0 bridgehead atoms. The Morgan fingerprint density at radius 3 is 2.93 bits per heavy atom. The molecule has 140 valence electrons. The van der Waals surface area contributed by atoms with Crippen molar-refractivity contribution in [1.82, 2.24) is 19.7 Å². The lowest BCUT2D eigenvalue weighted by molar-refractivity contribution is 0.656. The molecule has 0 spiro atoms. The molecule has 0 atom stereocenters. The Morgan fingerprint density at radius 2 is 2.00 bits per heavy atom. The van der Waals surface area contributed by atoms with Crippen LogP contribution in [0.15, 0.2) is 59.8 Å². The first-order valence-electron chi connectivity index (χ1n) is 9.18. The van der Waals surface area contributed by atoms with E-state index < -0.39 is 0 Å². The molecule has 0 aliphatic carbocycles. The number of aromatic amines is 1. The van der Waals surface area contributed by atoms with E-state index in [4.69, 9.17) is 11.6 Å². The molecule has 0 radical (unpaired) electrons. The molecule has 0 saturated carbocycles. The van der Waals surface area contributed by atoms with E-state index >= 15 is 0 Å². The Kier molecular flexibility index (Phi) is 4.13. The lowest BCUT2D eigenvalue weighted by Crippen LogP contribution is -2.33. The predicted molar refractivity (Wildman–Crippen MR) is 110 cm³/mol. The second-order valence-electron chi connectivity index (χ2n) is 6.97. The summed E-state index contributed by atoms with van der Waals surface area (Å²) in [7, 11) is 0. The third-order valence-corrected chi connectivity index (χ3v) is 5.70. The van der Waals surface area contributed by atoms with Gasteiger partial charge in [-0.05, 0) is 16.3 Å². The van der Waals surface area contributed by atoms with Crippen molar-refractivity contribution in [2.24, 2.45) is 0 Å². The highest BCUT2D eigenvalue weighted by Crippen LogP contribution is 2.28. The lowest BCUT2D eigenvalue weighted by atomic mass is 10.0. The first-order valence-corrected chi connectivity index (χ1v) is 9.56. The van der Waals surface area contributed by atoms with Gasteiger partial charge in [-0.15, -0.1) is 0 Å². The number of H-pyrrole nitrogens is 1. The Labute approximate surface area is 166 Å². The number of aromatic nitrogens is 4. The molecule has 7 heteroatoms. The fourth-order valence-corrected chi connectivity index (χ4v) is 4.10. The fourth-order valence-electron chi connectivity index (χ4n) is 3.89. The summed E-state index contributed by atoms with van der Waals surface area (Å²) in [5.74, 6) is 0. The van der Waals surface area contributed by atoms with Crippen LogP contribution in [0.2, 0.25) is 5.02 Å². The number of nitrogens with zero attached hydrogens (tertiary/aromatic N) is 4. The number of rotatable bonds is 3. The molecule has 0 fully saturated rings. The Morgan fingerprint density at radius 1 is 1.14 bits per heavy atom. The molecule has 6 nitrogen and oxygen atoms in total. The van der Waals surface area contributed by atoms with Gasteiger partial charge < -0.3 is 9.47 Å². The molecule has 2 aromatic heterocycles. The molecule has 0 unspecified atom stereocenters. The predicted octanol–water partition coefficient (Wildman–Crippen LogP) is 3.38. The van der Waals surface area contributed by atoms with Crippen molar-refractivity contribution >= 4 is 28.1 Å². The van der Waals surface area contributed by atoms with Crippen molar-refractivity contribution in [3.8, 4) is 0 Å². The van der Waals surface area contributed by atoms with Crippen molar-refractivity contribution in [3.63, 3.8) is 0 Å². The van der Waals surface area contributed by atoms with E-state index in [2.05, 4.69) is 67.1 Å². The molecule has 0 saturated heterocycles. The van der Waals surface area contributed by atoms with Gasteiger partial charge in [0.1, 0.15) is 5.02 Å². The number of halogens is 1. The first-order chi connectivity index (χ1) is 13.7. The number of imidazole rings is 1. The SMILES string of the molecule is O=c1[nH]ncc(N2CCc3ncn(Cc4cccc5ccccc45)c3C2)c1Cl. The Bertz CT molecular complexity index is 1220. The highest BCUT2D eigenvalue weighted by atomic mass is 35.5. The second kappa shape index (κ2) is 6.80. The average molecular weight is 392 g/mol. The van der Waals surface area contributed by atoms with E-state index in [1.54, 1.807) is 6.20 Å². The van der Waals surface area contributed by atoms with Gasteiger partial charge in [-0.25, -0.2) is 10.1 Å². The average Bonchev–Trinajstić information content (AvgIpc) is 3.12. The van der Waals surface area contributed by atoms with Crippen molar-refractivity contribution in [2.75, 3.05) is 11.4 Å². The van der Waals surface area contributed by atoms with Crippen LogP contribution in [0.3, 0.4) is 0 Å². The molecule has 28 heavy (non-hydrogen) atoms. The van der Waals surface area contributed by atoms with E-state index in [0.717, 1.165) is 30.9 Å². The monoisotopic (exact) mass is 391 g/mol. The Hall–Kier alpha value is -3.12. The quantitative estimate of drug-likeness (QED) is 0.581. The largest absolute Gasteiger partial charge is 0.363 e. The molecule has 3 heterocycles. The minimum atomic E-state index is -0.366. The van der Waals surface area contributed by atoms with Gasteiger partial charge in [-0.3, -0.25) is 4.79 Å². The summed E-state index contributed by atoms with van der Waals surface area (Å²) in [6.07, 6.45) is 4.33. The standard InChI is InChI=1S/C21H18ClN5O/c22-20-18(10-24-25-21(20)28)26-9-8-17-19(12-26)27(13-23-17)11-15-6-3-5-14-4-1-2-7-16(14)15/h1-7,10,13H,8-9,11-12H2,(H,25,28). The van der Waals surface area contributed by atoms with Gasteiger partial charge in [0.2, 0.25) is 0 Å². The van der Waals surface area contributed by atoms with E-state index in [1.807, 2.05) is 6.33 Å². The molecule has 5 rings (SSSR count). The maximum absolute atomic E-state index is 11.8. The van der Waals surface area contributed by atoms with Gasteiger partial charge in [-0.2, -0.15) is 5.10 Å². The lowest BCUT2D eigenvalue weighted by Gasteiger charge is -2.29. The van der Waals surface area contributed by atoms with Crippen molar-refractivity contribution in [1.29, 1.82) is 0 Å². The maximum atomic E-state index is 11.8. The van der Waals surface area contributed by atoms with Crippen LogP contribution >= 0.6 is 11.6 Å². The molecule has 1 N–H and O–H groups in total. The van der Waals surface area contributed by atoms with Crippen LogP contribution in [0.25, 0.3) is 10.8 Å². The van der Waals surface area contributed by atoms with Crippen molar-refractivity contribution in [3.05, 3.63) is 87.3 Å². The molecule has 1 aliphatic heterocycles. The zero-order chi connectivity index (χ0) is 19.1. The van der Waals surface area contributed by atoms with Crippen LogP contribution in [0.5, 0.6) is 0 Å². The Balaban J connectivity index is 1.49. The number of benzene rings is 2. The highest BCUT2D eigenvalue weighted by molar-refractivity contribution is 6.33. The van der Waals surface area contributed by atoms with Crippen LogP contribution in [0.4, 0.5) is 5.69 Å². The molecule has 4 aromatic rings. The summed E-state index contributed by atoms with van der Waals surface area (Å²) in [5.41, 5.74) is 3.80. The smallest absolute Gasteiger partial charge is 0.285 e. The summed E-state index contributed by atoms with van der Waals surface area (Å²) >= 11 is 6.21. The molecule has 2 aromatic carbocycles. The molecular weight excluding hydrogens is 374 g/mol. The van der Waals surface area contributed by atoms with E-state index in [9.17, 15) is 4.79 Å². The summed E-state index contributed by atoms with van der Waals surface area (Å²) in [4.78, 5) is 18.5. The van der Waals surface area contributed by atoms with Gasteiger partial charge >= 0.3 is 0 Å². The van der Waals surface area contributed by atoms with Gasteiger partial charge in [0.15, 0.2) is 0 Å². The summed E-state index contributed by atoms with van der Waals surface area (Å²) in [6, 6.07) is 14.8. The number of nitrogens with one attached hydrogen (secondary N) is 1. The third kappa shape index (κ3) is 2.86. The maximum Gasteiger partial charge on any atom is 0.285 e. The van der Waals surface area contributed by atoms with Crippen LogP contribution in [0.1, 0.15) is 17.0 Å². The van der Waals surface area contributed by atoms with Gasteiger partial charge in [0.25, 0.3) is 5.56 Å². The van der Waals surface area contributed by atoms with Crippen molar-refractivity contribution in [2.45, 2.75) is 19.5 Å². The van der Waals surface area contributed by atoms with E-state index in [-0.39, 0.29) is 10.6 Å². The highest BCUT2D eigenvalue weighted by Gasteiger charge is 2.24. The van der Waals surface area contributed by atoms with Crippen LogP contribution in [-0.4, -0.2) is 26.3 Å². The fraction of sp³-hybridized carbons (Fsp3) is 0.190. The summed E-state index contributed by atoms with van der Waals surface area (Å²) in [5, 5.41) is 8.94. The number of fused-ring (bicyclic) bond motifs is 2. The normalized spacial score (nSPS) is 13.7. The zero-order valence-electron chi connectivity index (χ0n) is 15.1. The van der Waals surface area contributed by atoms with Crippen LogP contribution in [-0.2, 0) is 19.5 Å². The number of anilines is 1. The molecule has 0 amide bonds. The van der Waals surface area contributed by atoms with Crippen LogP contribution < -0.4 is 10.5 Å². The number of hydrogen-bond acceptors (Lipinski definition) is 4. The minimum Gasteiger partial charge on any atom is -0.363 e. The molecular formula is C21H18ClN5O. The third-order valence-electron chi connectivity index (χ3n) is 5.33. The van der Waals surface area contributed by atoms with Gasteiger partial charge in [0.05, 0.1) is 36.1 Å². The zero-order valence-corrected chi connectivity index (χ0v) is 15.9. The topological polar surface area (TPSA) is 66.8 Å². The summed E-state index contributed by atoms with van der Waals surface area (Å²) in [6.45, 7) is 2.15. The van der Waals surface area contributed by atoms with Crippen molar-refractivity contribution < 1.29 is 0 Å². The first kappa shape index (κ1) is 17.0. The molecule has 1 aliphatic rings.